The average Bonchev–Trinajstić information content (AvgIpc) is 2.38. The molecule has 19 heavy (non-hydrogen) atoms. The summed E-state index contributed by atoms with van der Waals surface area (Å²) >= 11 is 4.83. The molecule has 0 aliphatic heterocycles. The summed E-state index contributed by atoms with van der Waals surface area (Å²) in [6.45, 7) is 0.515. The molecule has 102 valence electrons. The fraction of sp³-hybridized carbons (Fsp3) is 0.462. The highest BCUT2D eigenvalue weighted by Gasteiger charge is 2.37. The molecular weight excluding hydrogens is 262 g/mol. The molecule has 2 rings (SSSR count). The second kappa shape index (κ2) is 5.63. The first-order valence-electron chi connectivity index (χ1n) is 6.15. The molecule has 1 aromatic heterocycles. The predicted molar refractivity (Wildman–Crippen MR) is 76.0 cm³/mol. The van der Waals surface area contributed by atoms with Crippen LogP contribution in [0.15, 0.2) is 18.3 Å². The summed E-state index contributed by atoms with van der Waals surface area (Å²) in [5.74, 6) is -0.210. The normalized spacial score (nSPS) is 16.5. The molecule has 1 aliphatic rings. The summed E-state index contributed by atoms with van der Waals surface area (Å²) in [5, 5.41) is 2.85. The highest BCUT2D eigenvalue weighted by molar-refractivity contribution is 7.80. The van der Waals surface area contributed by atoms with Gasteiger partial charge in [0.1, 0.15) is 10.7 Å². The minimum atomic E-state index is -0.210. The van der Waals surface area contributed by atoms with Gasteiger partial charge in [0.15, 0.2) is 0 Å². The van der Waals surface area contributed by atoms with Gasteiger partial charge in [0.05, 0.1) is 5.60 Å². The summed E-state index contributed by atoms with van der Waals surface area (Å²) in [6.07, 6.45) is 4.62. The molecule has 0 atom stereocenters. The highest BCUT2D eigenvalue weighted by atomic mass is 32.1. The van der Waals surface area contributed by atoms with E-state index < -0.39 is 0 Å². The van der Waals surface area contributed by atoms with E-state index in [1.165, 1.54) is 6.20 Å². The third kappa shape index (κ3) is 3.08. The number of aromatic nitrogens is 1. The molecule has 0 radical (unpaired) electrons. The van der Waals surface area contributed by atoms with Crippen molar-refractivity contribution in [3.63, 3.8) is 0 Å². The Morgan fingerprint density at radius 3 is 2.74 bits per heavy atom. The first kappa shape index (κ1) is 13.9. The van der Waals surface area contributed by atoms with Crippen molar-refractivity contribution in [2.45, 2.75) is 24.9 Å². The minimum absolute atomic E-state index is 0.186. The summed E-state index contributed by atoms with van der Waals surface area (Å²) in [7, 11) is 1.68. The zero-order valence-electron chi connectivity index (χ0n) is 10.8. The average molecular weight is 279 g/mol. The van der Waals surface area contributed by atoms with Gasteiger partial charge in [-0.25, -0.2) is 0 Å². The van der Waals surface area contributed by atoms with Gasteiger partial charge in [-0.3, -0.25) is 9.78 Å². The second-order valence-electron chi connectivity index (χ2n) is 4.72. The van der Waals surface area contributed by atoms with Crippen LogP contribution in [-0.2, 0) is 4.74 Å². The zero-order chi connectivity index (χ0) is 13.9. The van der Waals surface area contributed by atoms with Gasteiger partial charge in [-0.15, -0.1) is 0 Å². The maximum atomic E-state index is 11.9. The monoisotopic (exact) mass is 279 g/mol. The quantitative estimate of drug-likeness (QED) is 0.787. The van der Waals surface area contributed by atoms with E-state index in [4.69, 9.17) is 22.7 Å². The summed E-state index contributed by atoms with van der Waals surface area (Å²) in [6, 6.07) is 3.31. The molecule has 1 amide bonds. The Morgan fingerprint density at radius 1 is 1.58 bits per heavy atom. The van der Waals surface area contributed by atoms with Gasteiger partial charge in [-0.05, 0) is 31.4 Å². The largest absolute Gasteiger partial charge is 0.389 e. The summed E-state index contributed by atoms with van der Waals surface area (Å²) in [4.78, 5) is 16.3. The third-order valence-electron chi connectivity index (χ3n) is 3.55. The number of thiocarbonyl (C=S) groups is 1. The number of nitrogens with one attached hydrogen (secondary N) is 1. The summed E-state index contributed by atoms with van der Waals surface area (Å²) < 4.78 is 5.44. The van der Waals surface area contributed by atoms with Crippen LogP contribution in [0.2, 0.25) is 0 Å². The van der Waals surface area contributed by atoms with Gasteiger partial charge in [0.2, 0.25) is 0 Å². The Bertz CT molecular complexity index is 478. The number of methoxy groups -OCH3 is 1. The molecule has 3 N–H and O–H groups in total. The molecule has 0 aromatic carbocycles. The van der Waals surface area contributed by atoms with Crippen molar-refractivity contribution < 1.29 is 9.53 Å². The Kier molecular flexibility index (Phi) is 4.11. The van der Waals surface area contributed by atoms with Crippen LogP contribution in [0, 0.1) is 0 Å². The second-order valence-corrected chi connectivity index (χ2v) is 5.16. The molecular formula is C13H17N3O2S. The summed E-state index contributed by atoms with van der Waals surface area (Å²) in [5.41, 5.74) is 6.29. The number of ether oxygens (including phenoxy) is 1. The van der Waals surface area contributed by atoms with Crippen LogP contribution in [-0.4, -0.2) is 35.1 Å². The minimum Gasteiger partial charge on any atom is -0.389 e. The Labute approximate surface area is 117 Å². The SMILES string of the molecule is COC1(CNC(=O)c2ccc(C(N)=S)cn2)CCC1. The van der Waals surface area contributed by atoms with Gasteiger partial charge in [-0.1, -0.05) is 12.2 Å². The molecule has 0 unspecified atom stereocenters. The van der Waals surface area contributed by atoms with Crippen LogP contribution < -0.4 is 11.1 Å². The molecule has 1 heterocycles. The Hall–Kier alpha value is -1.53. The van der Waals surface area contributed by atoms with E-state index >= 15 is 0 Å². The van der Waals surface area contributed by atoms with E-state index in [1.54, 1.807) is 19.2 Å². The smallest absolute Gasteiger partial charge is 0.269 e. The molecule has 1 aliphatic carbocycles. The van der Waals surface area contributed by atoms with Crippen molar-refractivity contribution in [3.8, 4) is 0 Å². The Balaban J connectivity index is 1.94. The number of carbonyl (C=O) groups excluding carboxylic acids is 1. The lowest BCUT2D eigenvalue weighted by atomic mass is 9.80. The highest BCUT2D eigenvalue weighted by Crippen LogP contribution is 2.34. The van der Waals surface area contributed by atoms with Gasteiger partial charge in [0, 0.05) is 25.4 Å². The van der Waals surface area contributed by atoms with Crippen LogP contribution in [0.4, 0.5) is 0 Å². The van der Waals surface area contributed by atoms with Crippen LogP contribution in [0.5, 0.6) is 0 Å². The number of nitrogens with zero attached hydrogens (tertiary/aromatic N) is 1. The number of pyridine rings is 1. The number of rotatable bonds is 5. The molecule has 1 fully saturated rings. The van der Waals surface area contributed by atoms with Gasteiger partial charge < -0.3 is 15.8 Å². The van der Waals surface area contributed by atoms with E-state index in [9.17, 15) is 4.79 Å². The lowest BCUT2D eigenvalue weighted by molar-refractivity contribution is -0.0679. The van der Waals surface area contributed by atoms with Crippen LogP contribution in [0.1, 0.15) is 35.3 Å². The topological polar surface area (TPSA) is 77.2 Å². The Morgan fingerprint density at radius 2 is 2.32 bits per heavy atom. The first-order valence-corrected chi connectivity index (χ1v) is 6.56. The van der Waals surface area contributed by atoms with Crippen LogP contribution in [0.3, 0.4) is 0 Å². The van der Waals surface area contributed by atoms with Gasteiger partial charge in [-0.2, -0.15) is 0 Å². The van der Waals surface area contributed by atoms with E-state index in [-0.39, 0.29) is 16.5 Å². The zero-order valence-corrected chi connectivity index (χ0v) is 11.6. The molecule has 1 aromatic rings. The van der Waals surface area contributed by atoms with Gasteiger partial charge >= 0.3 is 0 Å². The van der Waals surface area contributed by atoms with Crippen molar-refractivity contribution in [1.29, 1.82) is 0 Å². The van der Waals surface area contributed by atoms with Crippen LogP contribution >= 0.6 is 12.2 Å². The molecule has 5 nitrogen and oxygen atoms in total. The number of carbonyl (C=O) groups is 1. The number of hydrogen-bond acceptors (Lipinski definition) is 4. The molecule has 0 saturated heterocycles. The van der Waals surface area contributed by atoms with E-state index in [1.807, 2.05) is 0 Å². The van der Waals surface area contributed by atoms with Gasteiger partial charge in [0.25, 0.3) is 5.91 Å². The number of nitrogens with two attached hydrogens (primary N) is 1. The van der Waals surface area contributed by atoms with Crippen LogP contribution in [0.25, 0.3) is 0 Å². The third-order valence-corrected chi connectivity index (χ3v) is 3.79. The maximum Gasteiger partial charge on any atom is 0.269 e. The van der Waals surface area contributed by atoms with Crippen molar-refractivity contribution in [2.24, 2.45) is 5.73 Å². The van der Waals surface area contributed by atoms with Crippen molar-refractivity contribution in [3.05, 3.63) is 29.6 Å². The molecule has 0 bridgehead atoms. The maximum absolute atomic E-state index is 11.9. The molecule has 6 heteroatoms. The predicted octanol–water partition coefficient (Wildman–Crippen LogP) is 1.01. The van der Waals surface area contributed by atoms with E-state index in [2.05, 4.69) is 10.3 Å². The first-order chi connectivity index (χ1) is 9.06. The van der Waals surface area contributed by atoms with Crippen molar-refractivity contribution in [2.75, 3.05) is 13.7 Å². The van der Waals surface area contributed by atoms with E-state index in [0.717, 1.165) is 19.3 Å². The standard InChI is InChI=1S/C13H17N3O2S/c1-18-13(5-2-6-13)8-16-12(17)10-4-3-9(7-15-10)11(14)19/h3-4,7H,2,5-6,8H2,1H3,(H2,14,19)(H,16,17). The van der Waals surface area contributed by atoms with Crippen molar-refractivity contribution >= 4 is 23.1 Å². The lowest BCUT2D eigenvalue weighted by Crippen LogP contribution is -2.49. The fourth-order valence-corrected chi connectivity index (χ4v) is 2.15. The number of amides is 1. The fourth-order valence-electron chi connectivity index (χ4n) is 2.03. The molecule has 1 saturated carbocycles. The van der Waals surface area contributed by atoms with E-state index in [0.29, 0.717) is 17.8 Å². The number of hydrogen-bond donors (Lipinski definition) is 2. The van der Waals surface area contributed by atoms with Crippen molar-refractivity contribution in [1.82, 2.24) is 10.3 Å². The molecule has 0 spiro atoms. The lowest BCUT2D eigenvalue weighted by Gasteiger charge is -2.40.